The van der Waals surface area contributed by atoms with Gasteiger partial charge in [-0.15, -0.1) is 0 Å². The van der Waals surface area contributed by atoms with E-state index < -0.39 is 0 Å². The topological polar surface area (TPSA) is 52.8 Å². The van der Waals surface area contributed by atoms with Crippen molar-refractivity contribution in [2.24, 2.45) is 0 Å². The van der Waals surface area contributed by atoms with Gasteiger partial charge < -0.3 is 4.74 Å². The molecule has 0 unspecified atom stereocenters. The summed E-state index contributed by atoms with van der Waals surface area (Å²) in [6.45, 7) is 2.84. The van der Waals surface area contributed by atoms with Crippen LogP contribution in [0.15, 0.2) is 24.7 Å². The van der Waals surface area contributed by atoms with E-state index in [1.807, 2.05) is 23.1 Å². The fourth-order valence-electron chi connectivity index (χ4n) is 3.00. The third-order valence-corrected chi connectivity index (χ3v) is 4.43. The first-order valence-corrected chi connectivity index (χ1v) is 8.15. The van der Waals surface area contributed by atoms with Crippen molar-refractivity contribution in [2.45, 2.75) is 32.2 Å². The number of ether oxygens (including phenoxy) is 1. The van der Waals surface area contributed by atoms with E-state index in [0.29, 0.717) is 10.9 Å². The highest BCUT2D eigenvalue weighted by molar-refractivity contribution is 6.30. The van der Waals surface area contributed by atoms with E-state index in [4.69, 9.17) is 21.3 Å². The fourth-order valence-corrected chi connectivity index (χ4v) is 3.17. The van der Waals surface area contributed by atoms with E-state index in [0.717, 1.165) is 53.0 Å². The van der Waals surface area contributed by atoms with Crippen molar-refractivity contribution in [3.05, 3.63) is 35.4 Å². The summed E-state index contributed by atoms with van der Waals surface area (Å²) in [7, 11) is 1.69. The van der Waals surface area contributed by atoms with Gasteiger partial charge in [-0.25, -0.2) is 9.67 Å². The van der Waals surface area contributed by atoms with E-state index in [9.17, 15) is 0 Å². The summed E-state index contributed by atoms with van der Waals surface area (Å²) in [5.41, 5.74) is 3.82. The number of nitrogens with zero attached hydrogens (tertiary/aromatic N) is 4. The van der Waals surface area contributed by atoms with Crippen LogP contribution in [0, 0.1) is 0 Å². The van der Waals surface area contributed by atoms with Gasteiger partial charge in [0.25, 0.3) is 0 Å². The molecule has 0 bridgehead atoms. The SMILES string of the molecule is CCn1ncc2c(-c3cncc(Cl)c3)c(OC)c(C3CC3)nc21. The quantitative estimate of drug-likeness (QED) is 0.725. The number of halogens is 1. The summed E-state index contributed by atoms with van der Waals surface area (Å²) in [4.78, 5) is 9.09. The minimum absolute atomic E-state index is 0.473. The Kier molecular flexibility index (Phi) is 3.45. The number of aromatic nitrogens is 4. The number of hydrogen-bond acceptors (Lipinski definition) is 4. The van der Waals surface area contributed by atoms with Crippen molar-refractivity contribution in [1.29, 1.82) is 0 Å². The van der Waals surface area contributed by atoms with Crippen LogP contribution in [0.2, 0.25) is 5.02 Å². The molecule has 23 heavy (non-hydrogen) atoms. The zero-order valence-electron chi connectivity index (χ0n) is 13.1. The van der Waals surface area contributed by atoms with Gasteiger partial charge in [-0.3, -0.25) is 4.98 Å². The molecule has 0 saturated heterocycles. The molecule has 3 aromatic rings. The van der Waals surface area contributed by atoms with Crippen molar-refractivity contribution >= 4 is 22.6 Å². The van der Waals surface area contributed by atoms with Crippen molar-refractivity contribution in [2.75, 3.05) is 7.11 Å². The summed E-state index contributed by atoms with van der Waals surface area (Å²) in [6.07, 6.45) is 7.60. The number of aryl methyl sites for hydroxylation is 1. The van der Waals surface area contributed by atoms with Crippen LogP contribution >= 0.6 is 11.6 Å². The Hall–Kier alpha value is -2.14. The molecule has 1 fully saturated rings. The van der Waals surface area contributed by atoms with Gasteiger partial charge in [-0.05, 0) is 25.8 Å². The van der Waals surface area contributed by atoms with Gasteiger partial charge in [0.15, 0.2) is 5.65 Å². The molecular weight excluding hydrogens is 312 g/mol. The molecular formula is C17H17ClN4O. The standard InChI is InChI=1S/C17H17ClN4O/c1-3-22-17-13(9-20-22)14(11-6-12(18)8-19-7-11)16(23-2)15(21-17)10-4-5-10/h6-10H,3-5H2,1-2H3. The van der Waals surface area contributed by atoms with E-state index in [2.05, 4.69) is 17.0 Å². The summed E-state index contributed by atoms with van der Waals surface area (Å²) >= 11 is 6.15. The monoisotopic (exact) mass is 328 g/mol. The van der Waals surface area contributed by atoms with Gasteiger partial charge in [0, 0.05) is 36.0 Å². The van der Waals surface area contributed by atoms with Crippen LogP contribution in [-0.2, 0) is 6.54 Å². The molecule has 1 aliphatic rings. The highest BCUT2D eigenvalue weighted by Gasteiger charge is 2.32. The Bertz CT molecular complexity index is 886. The second-order valence-electron chi connectivity index (χ2n) is 5.77. The average Bonchev–Trinajstić information content (AvgIpc) is 3.33. The second kappa shape index (κ2) is 5.49. The minimum atomic E-state index is 0.473. The first kappa shape index (κ1) is 14.5. The van der Waals surface area contributed by atoms with E-state index in [1.165, 1.54) is 0 Å². The van der Waals surface area contributed by atoms with Crippen molar-refractivity contribution in [3.63, 3.8) is 0 Å². The first-order valence-electron chi connectivity index (χ1n) is 7.77. The smallest absolute Gasteiger partial charge is 0.158 e. The molecule has 1 saturated carbocycles. The highest BCUT2D eigenvalue weighted by atomic mass is 35.5. The molecule has 0 aromatic carbocycles. The van der Waals surface area contributed by atoms with Gasteiger partial charge in [0.2, 0.25) is 0 Å². The predicted molar refractivity (Wildman–Crippen MR) is 90.0 cm³/mol. The van der Waals surface area contributed by atoms with Gasteiger partial charge in [-0.2, -0.15) is 5.10 Å². The Morgan fingerprint density at radius 2 is 2.13 bits per heavy atom. The number of hydrogen-bond donors (Lipinski definition) is 0. The molecule has 0 aliphatic heterocycles. The molecule has 1 aliphatic carbocycles. The van der Waals surface area contributed by atoms with Gasteiger partial charge >= 0.3 is 0 Å². The van der Waals surface area contributed by atoms with Crippen molar-refractivity contribution in [1.82, 2.24) is 19.7 Å². The third-order valence-electron chi connectivity index (χ3n) is 4.23. The lowest BCUT2D eigenvalue weighted by Crippen LogP contribution is -2.02. The third kappa shape index (κ3) is 2.36. The lowest BCUT2D eigenvalue weighted by atomic mass is 10.0. The summed E-state index contributed by atoms with van der Waals surface area (Å²) in [6, 6.07) is 1.91. The van der Waals surface area contributed by atoms with Crippen LogP contribution in [0.4, 0.5) is 0 Å². The molecule has 0 amide bonds. The van der Waals surface area contributed by atoms with Crippen molar-refractivity contribution in [3.8, 4) is 16.9 Å². The number of fused-ring (bicyclic) bond motifs is 1. The number of rotatable bonds is 4. The van der Waals surface area contributed by atoms with E-state index in [-0.39, 0.29) is 0 Å². The van der Waals surface area contributed by atoms with Crippen LogP contribution < -0.4 is 4.74 Å². The molecule has 0 atom stereocenters. The molecule has 5 nitrogen and oxygen atoms in total. The van der Waals surface area contributed by atoms with Crippen LogP contribution in [0.1, 0.15) is 31.4 Å². The Labute approximate surface area is 139 Å². The van der Waals surface area contributed by atoms with E-state index in [1.54, 1.807) is 13.3 Å². The minimum Gasteiger partial charge on any atom is -0.494 e. The second-order valence-corrected chi connectivity index (χ2v) is 6.21. The maximum absolute atomic E-state index is 6.15. The number of methoxy groups -OCH3 is 1. The lowest BCUT2D eigenvalue weighted by Gasteiger charge is -2.14. The molecule has 118 valence electrons. The molecule has 3 aromatic heterocycles. The van der Waals surface area contributed by atoms with E-state index >= 15 is 0 Å². The molecule has 0 radical (unpaired) electrons. The number of pyridine rings is 2. The summed E-state index contributed by atoms with van der Waals surface area (Å²) < 4.78 is 7.67. The highest BCUT2D eigenvalue weighted by Crippen LogP contribution is 2.48. The predicted octanol–water partition coefficient (Wildman–Crippen LogP) is 4.05. The Morgan fingerprint density at radius 1 is 1.30 bits per heavy atom. The van der Waals surface area contributed by atoms with Gasteiger partial charge in [0.05, 0.1) is 29.4 Å². The van der Waals surface area contributed by atoms with Crippen LogP contribution in [0.25, 0.3) is 22.2 Å². The fraction of sp³-hybridized carbons (Fsp3) is 0.353. The molecule has 3 heterocycles. The van der Waals surface area contributed by atoms with Crippen molar-refractivity contribution < 1.29 is 4.74 Å². The molecule has 4 rings (SSSR count). The summed E-state index contributed by atoms with van der Waals surface area (Å²) in [5.74, 6) is 1.29. The zero-order chi connectivity index (χ0) is 16.0. The summed E-state index contributed by atoms with van der Waals surface area (Å²) in [5, 5.41) is 6.04. The van der Waals surface area contributed by atoms with Crippen LogP contribution in [-0.4, -0.2) is 26.9 Å². The Balaban J connectivity index is 2.08. The Morgan fingerprint density at radius 3 is 2.78 bits per heavy atom. The van der Waals surface area contributed by atoms with Crippen LogP contribution in [0.3, 0.4) is 0 Å². The lowest BCUT2D eigenvalue weighted by molar-refractivity contribution is 0.409. The maximum Gasteiger partial charge on any atom is 0.158 e. The van der Waals surface area contributed by atoms with Crippen LogP contribution in [0.5, 0.6) is 5.75 Å². The normalized spacial score (nSPS) is 14.4. The maximum atomic E-state index is 6.15. The van der Waals surface area contributed by atoms with Gasteiger partial charge in [-0.1, -0.05) is 11.6 Å². The molecule has 6 heteroatoms. The first-order chi connectivity index (χ1) is 11.2. The molecule has 0 N–H and O–H groups in total. The molecule has 0 spiro atoms. The zero-order valence-corrected chi connectivity index (χ0v) is 13.8. The van der Waals surface area contributed by atoms with Gasteiger partial charge in [0.1, 0.15) is 5.75 Å². The largest absolute Gasteiger partial charge is 0.494 e. The average molecular weight is 329 g/mol.